The van der Waals surface area contributed by atoms with E-state index in [1.165, 1.54) is 0 Å². The zero-order valence-corrected chi connectivity index (χ0v) is 27.4. The maximum absolute atomic E-state index is 13.7. The molecule has 0 aliphatic carbocycles. The Balaban J connectivity index is 0.00000277. The number of nitrogens with zero attached hydrogens (tertiary/aromatic N) is 2. The lowest BCUT2D eigenvalue weighted by Gasteiger charge is -2.42. The fourth-order valence-electron chi connectivity index (χ4n) is 5.71. The quantitative estimate of drug-likeness (QED) is 0.202. The number of nitrogens with two attached hydrogens (primary N) is 1. The van der Waals surface area contributed by atoms with Gasteiger partial charge in [0.15, 0.2) is 0 Å². The van der Waals surface area contributed by atoms with Gasteiger partial charge in [-0.1, -0.05) is 68.0 Å². The van der Waals surface area contributed by atoms with Crippen LogP contribution in [0.3, 0.4) is 0 Å². The molecule has 7 unspecified atom stereocenters. The van der Waals surface area contributed by atoms with Crippen molar-refractivity contribution in [3.05, 3.63) is 24.6 Å². The Kier molecular flexibility index (Phi) is 18.7. The van der Waals surface area contributed by atoms with Crippen LogP contribution in [0.25, 0.3) is 0 Å². The van der Waals surface area contributed by atoms with Crippen molar-refractivity contribution in [2.45, 2.75) is 117 Å². The highest BCUT2D eigenvalue weighted by Gasteiger charge is 2.40. The average molecular weight is 570 g/mol. The zero-order valence-electron chi connectivity index (χ0n) is 27.4. The number of carbonyl (C=O) groups excluding carboxylic acids is 1. The molecule has 236 valence electrons. The number of hydrogen-bond acceptors (Lipinski definition) is 7. The number of likely N-dealkylation sites (N-methyl/N-ethyl adjacent to an activating group) is 1. The lowest BCUT2D eigenvalue weighted by Crippen LogP contribution is -2.51. The van der Waals surface area contributed by atoms with E-state index in [2.05, 4.69) is 66.6 Å². The third-order valence-electron chi connectivity index (χ3n) is 8.89. The summed E-state index contributed by atoms with van der Waals surface area (Å²) in [6.45, 7) is 23.7. The van der Waals surface area contributed by atoms with Crippen LogP contribution in [0.15, 0.2) is 24.6 Å². The van der Waals surface area contributed by atoms with Crippen LogP contribution < -0.4 is 5.73 Å². The van der Waals surface area contributed by atoms with E-state index < -0.39 is 0 Å². The molecule has 0 saturated carbocycles. The van der Waals surface area contributed by atoms with Gasteiger partial charge in [0.2, 0.25) is 5.91 Å². The van der Waals surface area contributed by atoms with Crippen LogP contribution in [0.1, 0.15) is 87.0 Å². The number of carbonyl (C=O) groups is 1. The van der Waals surface area contributed by atoms with E-state index in [4.69, 9.17) is 20.3 Å². The minimum absolute atomic E-state index is 0.0324. The zero-order chi connectivity index (χ0) is 31.2. The van der Waals surface area contributed by atoms with Gasteiger partial charge in [0.25, 0.3) is 0 Å². The van der Waals surface area contributed by atoms with E-state index in [9.17, 15) is 9.90 Å². The molecule has 1 heterocycles. The van der Waals surface area contributed by atoms with E-state index in [1.807, 2.05) is 11.8 Å². The summed E-state index contributed by atoms with van der Waals surface area (Å²) in [5.41, 5.74) is 5.92. The second kappa shape index (κ2) is 19.5. The largest absolute Gasteiger partial charge is 0.512 e. The number of rotatable bonds is 17. The maximum atomic E-state index is 13.7. The molecule has 4 N–H and O–H groups in total. The smallest absolute Gasteiger partial charge is 0.225 e. The lowest BCUT2D eigenvalue weighted by atomic mass is 9.87. The van der Waals surface area contributed by atoms with E-state index in [0.29, 0.717) is 30.6 Å². The topological polar surface area (TPSA) is 108 Å². The van der Waals surface area contributed by atoms with Gasteiger partial charge in [-0.2, -0.15) is 0 Å². The molecule has 0 bridgehead atoms. The molecule has 0 spiro atoms. The van der Waals surface area contributed by atoms with Gasteiger partial charge in [-0.05, 0) is 49.4 Å². The van der Waals surface area contributed by atoms with Gasteiger partial charge < -0.3 is 35.2 Å². The van der Waals surface area contributed by atoms with Crippen LogP contribution >= 0.6 is 0 Å². The van der Waals surface area contributed by atoms with Crippen LogP contribution in [-0.4, -0.2) is 90.7 Å². The number of hydrogen-bond donors (Lipinski definition) is 3. The minimum Gasteiger partial charge on any atom is -0.512 e. The first-order chi connectivity index (χ1) is 18.7. The first kappa shape index (κ1) is 38.4. The number of allylic oxidation sites excluding steroid dienone is 1. The third kappa shape index (κ3) is 11.7. The Morgan fingerprint density at radius 3 is 2.08 bits per heavy atom. The predicted octanol–water partition coefficient (Wildman–Crippen LogP) is 5.36. The van der Waals surface area contributed by atoms with Crippen molar-refractivity contribution in [2.24, 2.45) is 29.4 Å². The van der Waals surface area contributed by atoms with Crippen LogP contribution in [0.5, 0.6) is 0 Å². The molecule has 1 aliphatic rings. The number of methoxy groups -OCH3 is 2. The summed E-state index contributed by atoms with van der Waals surface area (Å²) in [7, 11) is 5.56. The molecule has 0 aromatic rings. The molecule has 0 aromatic heterocycles. The lowest BCUT2D eigenvalue weighted by molar-refractivity contribution is -0.140. The van der Waals surface area contributed by atoms with Gasteiger partial charge in [0, 0.05) is 33.5 Å². The SMILES string of the molecule is C=C(O)CN.C=C([C@@H](C)C(C)C)N(C)C(C(C)CC)C(CC(=O)N1CCCC1C(OC)C(C)CC(O)CC)OC. The summed E-state index contributed by atoms with van der Waals surface area (Å²) in [5, 5.41) is 18.2. The summed E-state index contributed by atoms with van der Waals surface area (Å²) in [6, 6.07) is 0.111. The van der Waals surface area contributed by atoms with Crippen molar-refractivity contribution >= 4 is 5.91 Å². The standard InChI is InChI=1S/C29H56N2O4.C3H7NO/c1-12-20(5)28(30(9)23(8)22(7)19(3)4)26(34-10)18-27(33)31-16-14-15-25(31)29(35-11)21(6)17-24(32)13-2;1-3(5)2-4/h19-22,24-26,28-29,32H,8,12-18H2,1-7,9-11H3;5H,1-2,4H2/t20?,21?,22-,24?,25?,26?,28?,29?;/m0./s1. The van der Waals surface area contributed by atoms with Gasteiger partial charge in [-0.25, -0.2) is 0 Å². The Morgan fingerprint density at radius 1 is 1.07 bits per heavy atom. The van der Waals surface area contributed by atoms with Gasteiger partial charge >= 0.3 is 0 Å². The Labute approximate surface area is 246 Å². The normalized spacial score (nSPS) is 20.5. The number of amides is 1. The summed E-state index contributed by atoms with van der Waals surface area (Å²) in [4.78, 5) is 18.0. The van der Waals surface area contributed by atoms with Gasteiger partial charge in [0.05, 0.1) is 49.1 Å². The Bertz CT molecular complexity index is 746. The van der Waals surface area contributed by atoms with Crippen molar-refractivity contribution in [3.8, 4) is 0 Å². The average Bonchev–Trinajstić information content (AvgIpc) is 3.41. The molecule has 0 aromatic carbocycles. The molecule has 8 heteroatoms. The van der Waals surface area contributed by atoms with Crippen molar-refractivity contribution in [1.29, 1.82) is 0 Å². The third-order valence-corrected chi connectivity index (χ3v) is 8.89. The van der Waals surface area contributed by atoms with Crippen molar-refractivity contribution in [3.63, 3.8) is 0 Å². The molecule has 1 rings (SSSR count). The molecule has 1 fully saturated rings. The maximum Gasteiger partial charge on any atom is 0.225 e. The highest BCUT2D eigenvalue weighted by atomic mass is 16.5. The molecule has 8 atom stereocenters. The first-order valence-electron chi connectivity index (χ1n) is 15.2. The molecule has 1 amide bonds. The monoisotopic (exact) mass is 569 g/mol. The Hall–Kier alpha value is -1.61. The van der Waals surface area contributed by atoms with E-state index in [-0.39, 0.29) is 54.5 Å². The molecule has 0 radical (unpaired) electrons. The molecule has 1 aliphatic heterocycles. The predicted molar refractivity (Wildman–Crippen MR) is 166 cm³/mol. The van der Waals surface area contributed by atoms with Crippen molar-refractivity contribution < 1.29 is 24.5 Å². The van der Waals surface area contributed by atoms with Gasteiger partial charge in [-0.15, -0.1) is 0 Å². The van der Waals surface area contributed by atoms with Gasteiger partial charge in [-0.3, -0.25) is 4.79 Å². The molecule has 1 saturated heterocycles. The Morgan fingerprint density at radius 2 is 1.65 bits per heavy atom. The van der Waals surface area contributed by atoms with E-state index in [0.717, 1.165) is 37.9 Å². The number of aliphatic hydroxyl groups is 2. The highest BCUT2D eigenvalue weighted by molar-refractivity contribution is 5.77. The molecule has 40 heavy (non-hydrogen) atoms. The van der Waals surface area contributed by atoms with Crippen LogP contribution in [-0.2, 0) is 14.3 Å². The highest BCUT2D eigenvalue weighted by Crippen LogP contribution is 2.32. The van der Waals surface area contributed by atoms with Crippen molar-refractivity contribution in [1.82, 2.24) is 9.80 Å². The molecular formula is C32H63N3O5. The van der Waals surface area contributed by atoms with Crippen LogP contribution in [0.2, 0.25) is 0 Å². The van der Waals surface area contributed by atoms with E-state index in [1.54, 1.807) is 14.2 Å². The van der Waals surface area contributed by atoms with Crippen molar-refractivity contribution in [2.75, 3.05) is 34.4 Å². The summed E-state index contributed by atoms with van der Waals surface area (Å²) in [5.74, 6) is 1.54. The van der Waals surface area contributed by atoms with Gasteiger partial charge in [0.1, 0.15) is 0 Å². The fourth-order valence-corrected chi connectivity index (χ4v) is 5.71. The molecular weight excluding hydrogens is 506 g/mol. The summed E-state index contributed by atoms with van der Waals surface area (Å²) in [6.07, 6.45) is 4.04. The molecule has 8 nitrogen and oxygen atoms in total. The van der Waals surface area contributed by atoms with E-state index >= 15 is 0 Å². The first-order valence-corrected chi connectivity index (χ1v) is 15.2. The minimum atomic E-state index is -0.334. The second-order valence-electron chi connectivity index (χ2n) is 12.0. The fraction of sp³-hybridized carbons (Fsp3) is 0.844. The number of ether oxygens (including phenoxy) is 2. The summed E-state index contributed by atoms with van der Waals surface area (Å²) >= 11 is 0. The van der Waals surface area contributed by atoms with Crippen LogP contribution in [0, 0.1) is 23.7 Å². The summed E-state index contributed by atoms with van der Waals surface area (Å²) < 4.78 is 11.9. The number of likely N-dealkylation sites (tertiary alicyclic amines) is 1. The van der Waals surface area contributed by atoms with Crippen LogP contribution in [0.4, 0.5) is 0 Å². The second-order valence-corrected chi connectivity index (χ2v) is 12.0. The number of aliphatic hydroxyl groups excluding tert-OH is 2.